The van der Waals surface area contributed by atoms with Gasteiger partial charge < -0.3 is 26.6 Å². The van der Waals surface area contributed by atoms with Crippen LogP contribution in [0.25, 0.3) is 0 Å². The van der Waals surface area contributed by atoms with Gasteiger partial charge in [0.25, 0.3) is 5.91 Å². The van der Waals surface area contributed by atoms with Crippen LogP contribution in [0.5, 0.6) is 0 Å². The number of amides is 6. The molecule has 41 heavy (non-hydrogen) atoms. The number of benzene rings is 1. The van der Waals surface area contributed by atoms with Gasteiger partial charge in [0.05, 0.1) is 6.54 Å². The fourth-order valence-electron chi connectivity index (χ4n) is 3.65. The van der Waals surface area contributed by atoms with E-state index in [1.54, 1.807) is 24.3 Å². The Morgan fingerprint density at radius 3 is 2.02 bits per heavy atom. The molecule has 1 saturated heterocycles. The van der Waals surface area contributed by atoms with Crippen molar-refractivity contribution in [3.8, 4) is 0 Å². The number of hydroxylamine groups is 1. The maximum Gasteiger partial charge on any atom is 0.265 e. The van der Waals surface area contributed by atoms with E-state index >= 15 is 0 Å². The lowest BCUT2D eigenvalue weighted by molar-refractivity contribution is -0.143. The number of hydrogen-bond acceptors (Lipinski definition) is 8. The molecule has 0 aromatic heterocycles. The van der Waals surface area contributed by atoms with Crippen molar-refractivity contribution in [2.75, 3.05) is 18.9 Å². The average Bonchev–Trinajstić information content (AvgIpc) is 2.94. The van der Waals surface area contributed by atoms with Crippen LogP contribution in [0.4, 0.5) is 0 Å². The van der Waals surface area contributed by atoms with E-state index < -0.39 is 72.8 Å². The first-order valence-electron chi connectivity index (χ1n) is 13.5. The van der Waals surface area contributed by atoms with Gasteiger partial charge in [-0.15, -0.1) is 0 Å². The van der Waals surface area contributed by atoms with Crippen LogP contribution in [0, 0.1) is 5.92 Å². The Labute approximate surface area is 246 Å². The van der Waals surface area contributed by atoms with Crippen molar-refractivity contribution in [1.29, 1.82) is 0 Å². The largest absolute Gasteiger partial charge is 0.345 e. The first-order valence-corrected chi connectivity index (χ1v) is 14.2. The minimum atomic E-state index is -1.12. The standard InChI is InChI=1S/C25H36N6O7S.C2H6/c1-14(2)9-17-24(36)29-18(10-16-7-5-4-6-8-16)25(37)30-19(13-39)23(35)26-11-20(32)27-15(3)22(34)31-38-12-21(33)28-17;1-2/h4-8,14-15,17-19,39H,9-13H2,1-3H3,(H,26,35)(H,27,32)(H,28,33)(H,29,36)(H,30,37)(H,31,34);1-2H3. The fraction of sp³-hybridized carbons (Fsp3) is 0.556. The lowest BCUT2D eigenvalue weighted by atomic mass is 10.0. The zero-order chi connectivity index (χ0) is 30.9. The van der Waals surface area contributed by atoms with Crippen LogP contribution < -0.4 is 32.1 Å². The van der Waals surface area contributed by atoms with Gasteiger partial charge in [0.2, 0.25) is 29.5 Å². The van der Waals surface area contributed by atoms with E-state index in [1.807, 2.05) is 33.8 Å². The number of hydrogen-bond donors (Lipinski definition) is 7. The second kappa shape index (κ2) is 18.7. The highest BCUT2D eigenvalue weighted by Crippen LogP contribution is 2.08. The van der Waals surface area contributed by atoms with Gasteiger partial charge in [0, 0.05) is 12.2 Å². The van der Waals surface area contributed by atoms with Crippen LogP contribution in [0.3, 0.4) is 0 Å². The summed E-state index contributed by atoms with van der Waals surface area (Å²) in [7, 11) is 0. The van der Waals surface area contributed by atoms with E-state index in [0.717, 1.165) is 5.56 Å². The van der Waals surface area contributed by atoms with Gasteiger partial charge in [0.15, 0.2) is 6.61 Å². The highest BCUT2D eigenvalue weighted by atomic mass is 32.1. The molecule has 1 aromatic rings. The predicted molar refractivity (Wildman–Crippen MR) is 155 cm³/mol. The molecule has 6 amide bonds. The normalized spacial score (nSPS) is 23.6. The first-order chi connectivity index (χ1) is 19.5. The summed E-state index contributed by atoms with van der Waals surface area (Å²) in [6.45, 7) is 8.05. The Hall–Kier alpha value is -3.65. The van der Waals surface area contributed by atoms with E-state index in [9.17, 15) is 28.8 Å². The maximum absolute atomic E-state index is 13.3. The fourth-order valence-corrected chi connectivity index (χ4v) is 3.90. The van der Waals surface area contributed by atoms with Gasteiger partial charge in [-0.25, -0.2) is 5.48 Å². The minimum absolute atomic E-state index is 0.00592. The van der Waals surface area contributed by atoms with E-state index in [0.29, 0.717) is 0 Å². The summed E-state index contributed by atoms with van der Waals surface area (Å²) >= 11 is 4.14. The van der Waals surface area contributed by atoms with Gasteiger partial charge in [-0.1, -0.05) is 58.0 Å². The highest BCUT2D eigenvalue weighted by molar-refractivity contribution is 7.80. The second-order valence-corrected chi connectivity index (χ2v) is 9.87. The molecule has 13 nitrogen and oxygen atoms in total. The van der Waals surface area contributed by atoms with Crippen molar-refractivity contribution in [3.05, 3.63) is 35.9 Å². The molecule has 1 fully saturated rings. The third-order valence-electron chi connectivity index (χ3n) is 5.66. The Morgan fingerprint density at radius 2 is 1.41 bits per heavy atom. The Kier molecular flexibility index (Phi) is 16.1. The molecule has 2 rings (SSSR count). The lowest BCUT2D eigenvalue weighted by Gasteiger charge is -2.25. The van der Waals surface area contributed by atoms with Crippen LogP contribution in [0.1, 0.15) is 46.6 Å². The van der Waals surface area contributed by atoms with Crippen LogP contribution in [-0.2, 0) is 40.0 Å². The molecule has 4 unspecified atom stereocenters. The molecule has 0 saturated carbocycles. The SMILES string of the molecule is CC.CC(C)CC1NC(=O)CONC(=O)C(C)NC(=O)CNC(=O)C(CS)NC(=O)C(Cc2ccccc2)NC1=O. The van der Waals surface area contributed by atoms with Crippen molar-refractivity contribution < 1.29 is 33.6 Å². The van der Waals surface area contributed by atoms with Crippen molar-refractivity contribution >= 4 is 48.1 Å². The van der Waals surface area contributed by atoms with Crippen LogP contribution in [0.2, 0.25) is 0 Å². The maximum atomic E-state index is 13.3. The molecule has 1 aliphatic rings. The van der Waals surface area contributed by atoms with Crippen molar-refractivity contribution in [2.24, 2.45) is 5.92 Å². The lowest BCUT2D eigenvalue weighted by Crippen LogP contribution is -2.58. The summed E-state index contributed by atoms with van der Waals surface area (Å²) in [6, 6.07) is 4.69. The quantitative estimate of drug-likeness (QED) is 0.221. The zero-order valence-electron chi connectivity index (χ0n) is 24.1. The van der Waals surface area contributed by atoms with Crippen molar-refractivity contribution in [1.82, 2.24) is 32.1 Å². The molecule has 228 valence electrons. The summed E-state index contributed by atoms with van der Waals surface area (Å²) in [4.78, 5) is 81.0. The number of thiol groups is 1. The molecule has 0 radical (unpaired) electrons. The molecule has 0 aliphatic carbocycles. The van der Waals surface area contributed by atoms with E-state index in [2.05, 4.69) is 44.7 Å². The van der Waals surface area contributed by atoms with Crippen LogP contribution >= 0.6 is 12.6 Å². The summed E-state index contributed by atoms with van der Waals surface area (Å²) in [5.41, 5.74) is 2.81. The molecule has 0 spiro atoms. The van der Waals surface area contributed by atoms with Crippen molar-refractivity contribution in [2.45, 2.75) is 71.6 Å². The molecule has 1 aromatic carbocycles. The molecule has 1 aliphatic heterocycles. The zero-order valence-corrected chi connectivity index (χ0v) is 25.0. The molecule has 14 heteroatoms. The number of rotatable bonds is 5. The molecular formula is C27H42N6O7S. The van der Waals surface area contributed by atoms with Crippen LogP contribution in [0.15, 0.2) is 30.3 Å². The Bertz CT molecular complexity index is 1040. The molecular weight excluding hydrogens is 552 g/mol. The Balaban J connectivity index is 0.00000411. The molecule has 0 bridgehead atoms. The number of nitrogens with one attached hydrogen (secondary N) is 6. The van der Waals surface area contributed by atoms with Crippen molar-refractivity contribution in [3.63, 3.8) is 0 Å². The third kappa shape index (κ3) is 13.0. The van der Waals surface area contributed by atoms with Gasteiger partial charge >= 0.3 is 0 Å². The van der Waals surface area contributed by atoms with Crippen LogP contribution in [-0.4, -0.2) is 78.5 Å². The minimum Gasteiger partial charge on any atom is -0.345 e. The predicted octanol–water partition coefficient (Wildman–Crippen LogP) is -0.632. The number of carbonyl (C=O) groups is 6. The van der Waals surface area contributed by atoms with E-state index in [-0.39, 0.29) is 24.5 Å². The third-order valence-corrected chi connectivity index (χ3v) is 6.03. The summed E-state index contributed by atoms with van der Waals surface area (Å²) in [6.07, 6.45) is 0.367. The molecule has 4 atom stereocenters. The monoisotopic (exact) mass is 594 g/mol. The van der Waals surface area contributed by atoms with Gasteiger partial charge in [-0.05, 0) is 24.8 Å². The van der Waals surface area contributed by atoms with E-state index in [4.69, 9.17) is 4.84 Å². The van der Waals surface area contributed by atoms with Gasteiger partial charge in [0.1, 0.15) is 24.2 Å². The molecule has 6 N–H and O–H groups in total. The summed E-state index contributed by atoms with van der Waals surface area (Å²) in [5, 5.41) is 12.6. The number of carbonyl (C=O) groups excluding carboxylic acids is 6. The van der Waals surface area contributed by atoms with E-state index in [1.165, 1.54) is 6.92 Å². The highest BCUT2D eigenvalue weighted by Gasteiger charge is 2.30. The first kappa shape index (κ1) is 35.4. The Morgan fingerprint density at radius 1 is 0.805 bits per heavy atom. The average molecular weight is 595 g/mol. The molecule has 1 heterocycles. The smallest absolute Gasteiger partial charge is 0.265 e. The second-order valence-electron chi connectivity index (χ2n) is 9.51. The van der Waals surface area contributed by atoms with Gasteiger partial charge in [-0.2, -0.15) is 12.6 Å². The summed E-state index contributed by atoms with van der Waals surface area (Å²) < 4.78 is 0. The summed E-state index contributed by atoms with van der Waals surface area (Å²) in [5.74, 6) is -4.10. The topological polar surface area (TPSA) is 184 Å². The van der Waals surface area contributed by atoms with Gasteiger partial charge in [-0.3, -0.25) is 33.6 Å².